The Morgan fingerprint density at radius 1 is 0.889 bits per heavy atom. The van der Waals surface area contributed by atoms with Crippen molar-refractivity contribution in [2.75, 3.05) is 32.8 Å². The van der Waals surface area contributed by atoms with E-state index in [0.717, 1.165) is 37.7 Å². The Labute approximate surface area is 161 Å². The van der Waals surface area contributed by atoms with Crippen LogP contribution in [0.15, 0.2) is 60.9 Å². The molecule has 0 spiro atoms. The summed E-state index contributed by atoms with van der Waals surface area (Å²) in [5.41, 5.74) is 3.71. The number of hydrogen-bond acceptors (Lipinski definition) is 3. The minimum atomic E-state index is 0.741. The normalized spacial score (nSPS) is 16.1. The second kappa shape index (κ2) is 9.16. The highest BCUT2D eigenvalue weighted by atomic mass is 16.5. The molecule has 142 valence electrons. The summed E-state index contributed by atoms with van der Waals surface area (Å²) in [6.07, 6.45) is 5.74. The van der Waals surface area contributed by atoms with Crippen LogP contribution in [-0.4, -0.2) is 47.3 Å². The summed E-state index contributed by atoms with van der Waals surface area (Å²) in [4.78, 5) is 6.98. The summed E-state index contributed by atoms with van der Waals surface area (Å²) in [7, 11) is 0. The van der Waals surface area contributed by atoms with Gasteiger partial charge in [0.05, 0.1) is 30.6 Å². The maximum Gasteiger partial charge on any atom is 0.0959 e. The summed E-state index contributed by atoms with van der Waals surface area (Å²) in [6, 6.07) is 19.1. The first-order chi connectivity index (χ1) is 13.4. The number of rotatable bonds is 8. The Morgan fingerprint density at radius 2 is 1.63 bits per heavy atom. The van der Waals surface area contributed by atoms with Crippen LogP contribution in [-0.2, 0) is 17.7 Å². The molecule has 1 aliphatic heterocycles. The van der Waals surface area contributed by atoms with Crippen molar-refractivity contribution in [1.82, 2.24) is 14.5 Å². The van der Waals surface area contributed by atoms with E-state index in [4.69, 9.17) is 4.74 Å². The molecule has 0 atom stereocenters. The fourth-order valence-electron chi connectivity index (χ4n) is 4.01. The summed E-state index contributed by atoms with van der Waals surface area (Å²) >= 11 is 0. The van der Waals surface area contributed by atoms with E-state index in [2.05, 4.69) is 56.9 Å². The van der Waals surface area contributed by atoms with Gasteiger partial charge in [-0.2, -0.15) is 0 Å². The lowest BCUT2D eigenvalue weighted by atomic mass is 9.90. The molecule has 0 amide bonds. The first kappa shape index (κ1) is 18.2. The van der Waals surface area contributed by atoms with Gasteiger partial charge in [0.1, 0.15) is 0 Å². The summed E-state index contributed by atoms with van der Waals surface area (Å²) in [5, 5.41) is 0. The summed E-state index contributed by atoms with van der Waals surface area (Å²) < 4.78 is 8.06. The molecule has 0 bridgehead atoms. The number of ether oxygens (including phenoxy) is 1. The van der Waals surface area contributed by atoms with Crippen molar-refractivity contribution in [2.45, 2.75) is 25.8 Å². The minimum Gasteiger partial charge on any atom is -0.378 e. The number of benzene rings is 2. The predicted octanol–water partition coefficient (Wildman–Crippen LogP) is 4.01. The highest BCUT2D eigenvalue weighted by molar-refractivity contribution is 5.74. The van der Waals surface area contributed by atoms with Crippen molar-refractivity contribution in [3.8, 4) is 0 Å². The Bertz CT molecular complexity index is 822. The Hall–Kier alpha value is -2.17. The fraction of sp³-hybridized carbons (Fsp3) is 0.435. The third kappa shape index (κ3) is 4.96. The first-order valence-corrected chi connectivity index (χ1v) is 10.1. The molecule has 4 rings (SSSR count). The molecule has 1 fully saturated rings. The molecule has 0 N–H and O–H groups in total. The molecule has 4 heteroatoms. The van der Waals surface area contributed by atoms with Gasteiger partial charge in [-0.15, -0.1) is 0 Å². The van der Waals surface area contributed by atoms with Crippen molar-refractivity contribution in [3.05, 3.63) is 66.5 Å². The van der Waals surface area contributed by atoms with Crippen molar-refractivity contribution in [3.63, 3.8) is 0 Å². The van der Waals surface area contributed by atoms with Crippen molar-refractivity contribution in [1.29, 1.82) is 0 Å². The van der Waals surface area contributed by atoms with Gasteiger partial charge in [0.15, 0.2) is 0 Å². The van der Waals surface area contributed by atoms with Gasteiger partial charge in [0.25, 0.3) is 0 Å². The molecule has 0 aliphatic carbocycles. The van der Waals surface area contributed by atoms with E-state index in [1.807, 2.05) is 18.5 Å². The molecule has 1 aliphatic rings. The van der Waals surface area contributed by atoms with E-state index < -0.39 is 0 Å². The number of piperidine rings is 1. The monoisotopic (exact) mass is 363 g/mol. The van der Waals surface area contributed by atoms with Crippen LogP contribution in [0.1, 0.15) is 18.4 Å². The van der Waals surface area contributed by atoms with E-state index in [-0.39, 0.29) is 0 Å². The standard InChI is InChI=1S/C23H29N3O/c1-2-6-20(7-3-1)18-21-10-12-25(13-11-21)14-16-27-17-15-26-19-24-22-8-4-5-9-23(22)26/h1-9,19,21H,10-18H2. The second-order valence-electron chi connectivity index (χ2n) is 7.51. The molecule has 0 saturated carbocycles. The number of nitrogens with zero attached hydrogens (tertiary/aromatic N) is 3. The lowest BCUT2D eigenvalue weighted by molar-refractivity contribution is 0.0844. The van der Waals surface area contributed by atoms with E-state index in [0.29, 0.717) is 0 Å². The van der Waals surface area contributed by atoms with E-state index in [9.17, 15) is 0 Å². The summed E-state index contributed by atoms with van der Waals surface area (Å²) in [5.74, 6) is 0.832. The van der Waals surface area contributed by atoms with Gasteiger partial charge in [-0.05, 0) is 56.0 Å². The van der Waals surface area contributed by atoms with Gasteiger partial charge in [-0.1, -0.05) is 42.5 Å². The van der Waals surface area contributed by atoms with Crippen LogP contribution >= 0.6 is 0 Å². The number of likely N-dealkylation sites (tertiary alicyclic amines) is 1. The molecular formula is C23H29N3O. The van der Waals surface area contributed by atoms with Gasteiger partial charge in [0.2, 0.25) is 0 Å². The molecule has 27 heavy (non-hydrogen) atoms. The van der Waals surface area contributed by atoms with Crippen LogP contribution < -0.4 is 0 Å². The zero-order valence-corrected chi connectivity index (χ0v) is 16.0. The van der Waals surface area contributed by atoms with Crippen LogP contribution in [0.5, 0.6) is 0 Å². The molecule has 1 aromatic heterocycles. The molecule has 0 radical (unpaired) electrons. The molecule has 2 heterocycles. The van der Waals surface area contributed by atoms with Crippen LogP contribution in [0.2, 0.25) is 0 Å². The average Bonchev–Trinajstić information content (AvgIpc) is 3.13. The zero-order chi connectivity index (χ0) is 18.3. The van der Waals surface area contributed by atoms with Crippen LogP contribution in [0.25, 0.3) is 11.0 Å². The Balaban J connectivity index is 1.12. The quantitative estimate of drug-likeness (QED) is 0.567. The Kier molecular flexibility index (Phi) is 6.17. The average molecular weight is 364 g/mol. The largest absolute Gasteiger partial charge is 0.378 e. The molecule has 0 unspecified atom stereocenters. The molecular weight excluding hydrogens is 334 g/mol. The van der Waals surface area contributed by atoms with Crippen LogP contribution in [0.4, 0.5) is 0 Å². The van der Waals surface area contributed by atoms with Gasteiger partial charge in [0, 0.05) is 13.1 Å². The number of hydrogen-bond donors (Lipinski definition) is 0. The van der Waals surface area contributed by atoms with Crippen LogP contribution in [0.3, 0.4) is 0 Å². The third-order valence-corrected chi connectivity index (χ3v) is 5.63. The van der Waals surface area contributed by atoms with E-state index >= 15 is 0 Å². The third-order valence-electron chi connectivity index (χ3n) is 5.63. The fourth-order valence-corrected chi connectivity index (χ4v) is 4.01. The first-order valence-electron chi connectivity index (χ1n) is 10.1. The molecule has 4 nitrogen and oxygen atoms in total. The van der Waals surface area contributed by atoms with Crippen LogP contribution in [0, 0.1) is 5.92 Å². The van der Waals surface area contributed by atoms with Crippen molar-refractivity contribution < 1.29 is 4.74 Å². The lowest BCUT2D eigenvalue weighted by Gasteiger charge is -2.31. The van der Waals surface area contributed by atoms with Crippen molar-refractivity contribution in [2.24, 2.45) is 5.92 Å². The molecule has 3 aromatic rings. The van der Waals surface area contributed by atoms with Gasteiger partial charge >= 0.3 is 0 Å². The number of para-hydroxylation sites is 2. The minimum absolute atomic E-state index is 0.741. The highest BCUT2D eigenvalue weighted by Gasteiger charge is 2.19. The Morgan fingerprint density at radius 3 is 2.48 bits per heavy atom. The van der Waals surface area contributed by atoms with Gasteiger partial charge in [-0.25, -0.2) is 4.98 Å². The molecule has 2 aromatic carbocycles. The number of aromatic nitrogens is 2. The topological polar surface area (TPSA) is 30.3 Å². The van der Waals surface area contributed by atoms with Gasteiger partial charge in [-0.3, -0.25) is 0 Å². The van der Waals surface area contributed by atoms with E-state index in [1.54, 1.807) is 0 Å². The highest BCUT2D eigenvalue weighted by Crippen LogP contribution is 2.21. The summed E-state index contributed by atoms with van der Waals surface area (Å²) in [6.45, 7) is 5.86. The number of fused-ring (bicyclic) bond motifs is 1. The number of imidazole rings is 1. The zero-order valence-electron chi connectivity index (χ0n) is 16.0. The second-order valence-corrected chi connectivity index (χ2v) is 7.51. The van der Waals surface area contributed by atoms with E-state index in [1.165, 1.54) is 43.4 Å². The van der Waals surface area contributed by atoms with Crippen molar-refractivity contribution >= 4 is 11.0 Å². The predicted molar refractivity (Wildman–Crippen MR) is 110 cm³/mol. The maximum absolute atomic E-state index is 5.89. The van der Waals surface area contributed by atoms with Gasteiger partial charge < -0.3 is 14.2 Å². The SMILES string of the molecule is c1ccc(CC2CCN(CCOCCn3cnc4ccccc43)CC2)cc1. The maximum atomic E-state index is 5.89. The smallest absolute Gasteiger partial charge is 0.0959 e. The molecule has 1 saturated heterocycles. The lowest BCUT2D eigenvalue weighted by Crippen LogP contribution is -2.36.